The number of anilines is 2. The summed E-state index contributed by atoms with van der Waals surface area (Å²) < 4.78 is 35.2. The quantitative estimate of drug-likeness (QED) is 0.196. The summed E-state index contributed by atoms with van der Waals surface area (Å²) in [5.41, 5.74) is 4.33. The van der Waals surface area contributed by atoms with Crippen LogP contribution in [0.4, 0.5) is 16.3 Å². The average Bonchev–Trinajstić information content (AvgIpc) is 3.71. The van der Waals surface area contributed by atoms with Gasteiger partial charge in [0.15, 0.2) is 0 Å². The second-order valence-corrected chi connectivity index (χ2v) is 15.2. The van der Waals surface area contributed by atoms with Crippen molar-refractivity contribution in [2.24, 2.45) is 5.92 Å². The number of sulfonamides is 1. The lowest BCUT2D eigenvalue weighted by atomic mass is 9.87. The average molecular weight is 646 g/mol. The van der Waals surface area contributed by atoms with Gasteiger partial charge in [-0.15, -0.1) is 0 Å². The first kappa shape index (κ1) is 31.6. The molecule has 2 unspecified atom stereocenters. The van der Waals surface area contributed by atoms with Crippen LogP contribution in [0.3, 0.4) is 0 Å². The Morgan fingerprint density at radius 1 is 0.978 bits per heavy atom. The molecule has 2 aromatic heterocycles. The second-order valence-electron chi connectivity index (χ2n) is 13.4. The van der Waals surface area contributed by atoms with Crippen LogP contribution < -0.4 is 10.6 Å². The monoisotopic (exact) mass is 645 g/mol. The van der Waals surface area contributed by atoms with Crippen LogP contribution in [0.1, 0.15) is 73.8 Å². The van der Waals surface area contributed by atoms with Crippen molar-refractivity contribution in [1.29, 1.82) is 0 Å². The van der Waals surface area contributed by atoms with Crippen molar-refractivity contribution in [3.8, 4) is 5.69 Å². The first-order valence-electron chi connectivity index (χ1n) is 15.5. The summed E-state index contributed by atoms with van der Waals surface area (Å²) in [5, 5.41) is 19.5. The third kappa shape index (κ3) is 6.45. The molecule has 2 bridgehead atoms. The second kappa shape index (κ2) is 12.1. The topological polar surface area (TPSA) is 147 Å². The highest BCUT2D eigenvalue weighted by molar-refractivity contribution is 7.89. The SMILES string of the molecule is Cc1ccc(-n2nc(C(C)(C)C)cc2NC(=O)Nc2cccc(CC3CC4CCC(C3)N4S(=O)(=O)c3ccc(C(=O)O)o3)c2)cc1. The molecule has 0 aliphatic carbocycles. The Kier molecular flexibility index (Phi) is 8.28. The number of carbonyl (C=O) groups excluding carboxylic acids is 1. The van der Waals surface area contributed by atoms with Crippen LogP contribution in [0.25, 0.3) is 5.69 Å². The van der Waals surface area contributed by atoms with E-state index in [1.54, 1.807) is 4.68 Å². The van der Waals surface area contributed by atoms with Crippen molar-refractivity contribution < 1.29 is 27.5 Å². The number of hydrogen-bond donors (Lipinski definition) is 3. The van der Waals surface area contributed by atoms with Gasteiger partial charge in [-0.05, 0) is 86.9 Å². The maximum absolute atomic E-state index is 13.4. The van der Waals surface area contributed by atoms with Gasteiger partial charge in [-0.1, -0.05) is 50.6 Å². The molecule has 2 aliphatic heterocycles. The molecule has 2 saturated heterocycles. The number of benzene rings is 2. The molecule has 4 heterocycles. The minimum atomic E-state index is -3.94. The van der Waals surface area contributed by atoms with E-state index in [9.17, 15) is 18.0 Å². The van der Waals surface area contributed by atoms with Gasteiger partial charge in [0.2, 0.25) is 10.9 Å². The van der Waals surface area contributed by atoms with Gasteiger partial charge < -0.3 is 14.8 Å². The summed E-state index contributed by atoms with van der Waals surface area (Å²) in [6.07, 6.45) is 3.64. The lowest BCUT2D eigenvalue weighted by Crippen LogP contribution is -2.46. The molecule has 12 heteroatoms. The van der Waals surface area contributed by atoms with Gasteiger partial charge in [-0.25, -0.2) is 22.7 Å². The fourth-order valence-corrected chi connectivity index (χ4v) is 8.40. The van der Waals surface area contributed by atoms with E-state index in [0.717, 1.165) is 41.8 Å². The van der Waals surface area contributed by atoms with Crippen molar-refractivity contribution in [2.75, 3.05) is 10.6 Å². The van der Waals surface area contributed by atoms with Crippen LogP contribution in [0.2, 0.25) is 0 Å². The Morgan fingerprint density at radius 3 is 2.30 bits per heavy atom. The largest absolute Gasteiger partial charge is 0.475 e. The number of nitrogens with zero attached hydrogens (tertiary/aromatic N) is 3. The van der Waals surface area contributed by atoms with Gasteiger partial charge in [0.1, 0.15) is 5.82 Å². The number of carboxylic acid groups (broad SMARTS) is 1. The third-order valence-corrected chi connectivity index (χ3v) is 10.7. The maximum Gasteiger partial charge on any atom is 0.371 e. The lowest BCUT2D eigenvalue weighted by Gasteiger charge is -2.37. The zero-order chi connectivity index (χ0) is 32.8. The molecule has 2 aliphatic rings. The Labute approximate surface area is 268 Å². The summed E-state index contributed by atoms with van der Waals surface area (Å²) in [7, 11) is -3.94. The number of nitrogens with one attached hydrogen (secondary N) is 2. The molecule has 0 radical (unpaired) electrons. The molecule has 11 nitrogen and oxygen atoms in total. The normalized spacial score (nSPS) is 20.0. The van der Waals surface area contributed by atoms with E-state index >= 15 is 0 Å². The molecule has 0 spiro atoms. The van der Waals surface area contributed by atoms with E-state index in [1.165, 1.54) is 16.4 Å². The van der Waals surface area contributed by atoms with Crippen LogP contribution in [0.5, 0.6) is 0 Å². The summed E-state index contributed by atoms with van der Waals surface area (Å²) in [5.74, 6) is -0.873. The minimum absolute atomic E-state index is 0.171. The number of piperidine rings is 1. The molecular weight excluding hydrogens is 606 g/mol. The molecular formula is C34H39N5O6S. The smallest absolute Gasteiger partial charge is 0.371 e. The van der Waals surface area contributed by atoms with E-state index in [0.29, 0.717) is 24.3 Å². The number of carbonyl (C=O) groups is 2. The number of amides is 2. The molecule has 3 N–H and O–H groups in total. The van der Waals surface area contributed by atoms with E-state index in [1.807, 2.05) is 61.5 Å². The zero-order valence-corrected chi connectivity index (χ0v) is 27.2. The van der Waals surface area contributed by atoms with Gasteiger partial charge in [-0.2, -0.15) is 9.40 Å². The van der Waals surface area contributed by atoms with Crippen molar-refractivity contribution in [2.45, 2.75) is 82.4 Å². The van der Waals surface area contributed by atoms with Crippen molar-refractivity contribution in [1.82, 2.24) is 14.1 Å². The van der Waals surface area contributed by atoms with E-state index in [4.69, 9.17) is 14.6 Å². The Balaban J connectivity index is 1.12. The molecule has 2 atom stereocenters. The Bertz CT molecular complexity index is 1860. The molecule has 4 aromatic rings. The summed E-state index contributed by atoms with van der Waals surface area (Å²) >= 11 is 0. The Morgan fingerprint density at radius 2 is 1.67 bits per heavy atom. The van der Waals surface area contributed by atoms with Gasteiger partial charge in [0, 0.05) is 29.3 Å². The predicted octanol–water partition coefficient (Wildman–Crippen LogP) is 6.59. The number of urea groups is 1. The van der Waals surface area contributed by atoms with Crippen LogP contribution in [0.15, 0.2) is 76.2 Å². The first-order chi connectivity index (χ1) is 21.8. The molecule has 2 amide bonds. The van der Waals surface area contributed by atoms with Crippen LogP contribution in [0, 0.1) is 12.8 Å². The molecule has 2 aromatic carbocycles. The summed E-state index contributed by atoms with van der Waals surface area (Å²) in [6, 6.07) is 19.3. The van der Waals surface area contributed by atoms with Crippen molar-refractivity contribution in [3.05, 3.63) is 89.3 Å². The van der Waals surface area contributed by atoms with Crippen LogP contribution >= 0.6 is 0 Å². The summed E-state index contributed by atoms with van der Waals surface area (Å²) in [6.45, 7) is 8.25. The standard InChI is InChI=1S/C34H39N5O6S/c1-21-8-10-25(11-9-21)38-30(20-29(37-38)34(2,3)4)36-33(42)35-24-7-5-6-22(17-24)16-23-18-26-12-13-27(19-23)39(26)46(43,44)31-15-14-28(45-31)32(40)41/h5-11,14-15,17,20,23,26-27H,12-13,16,18-19H2,1-4H3,(H,40,41)(H2,35,36,42). The Hall–Kier alpha value is -4.42. The molecule has 6 rings (SSSR count). The van der Waals surface area contributed by atoms with Crippen LogP contribution in [-0.4, -0.2) is 51.7 Å². The number of fused-ring (bicyclic) bond motifs is 2. The number of furan rings is 1. The molecule has 2 fully saturated rings. The van der Waals surface area contributed by atoms with Crippen molar-refractivity contribution >= 4 is 33.5 Å². The first-order valence-corrected chi connectivity index (χ1v) is 16.9. The van der Waals surface area contributed by atoms with E-state index < -0.39 is 21.8 Å². The third-order valence-electron chi connectivity index (χ3n) is 8.79. The number of aryl methyl sites for hydroxylation is 1. The molecule has 0 saturated carbocycles. The van der Waals surface area contributed by atoms with Gasteiger partial charge in [0.25, 0.3) is 10.0 Å². The number of carboxylic acids is 1. The summed E-state index contributed by atoms with van der Waals surface area (Å²) in [4.78, 5) is 24.4. The number of aromatic nitrogens is 2. The number of rotatable bonds is 8. The highest BCUT2D eigenvalue weighted by Gasteiger charge is 2.48. The van der Waals surface area contributed by atoms with Crippen molar-refractivity contribution in [3.63, 3.8) is 0 Å². The number of hydrogen-bond acceptors (Lipinski definition) is 6. The van der Waals surface area contributed by atoms with E-state index in [2.05, 4.69) is 31.4 Å². The van der Waals surface area contributed by atoms with E-state index in [-0.39, 0.29) is 34.5 Å². The maximum atomic E-state index is 13.4. The minimum Gasteiger partial charge on any atom is -0.475 e. The highest BCUT2D eigenvalue weighted by Crippen LogP contribution is 2.43. The highest BCUT2D eigenvalue weighted by atomic mass is 32.2. The van der Waals surface area contributed by atoms with Gasteiger partial charge >= 0.3 is 12.0 Å². The fraction of sp³-hybridized carbons (Fsp3) is 0.382. The lowest BCUT2D eigenvalue weighted by molar-refractivity contribution is 0.0655. The predicted molar refractivity (Wildman–Crippen MR) is 174 cm³/mol. The van der Waals surface area contributed by atoms with Crippen LogP contribution in [-0.2, 0) is 21.9 Å². The van der Waals surface area contributed by atoms with Gasteiger partial charge in [-0.3, -0.25) is 5.32 Å². The van der Waals surface area contributed by atoms with Gasteiger partial charge in [0.05, 0.1) is 11.4 Å². The number of aromatic carboxylic acids is 1. The fourth-order valence-electron chi connectivity index (χ4n) is 6.59. The molecule has 46 heavy (non-hydrogen) atoms. The molecule has 242 valence electrons. The zero-order valence-electron chi connectivity index (χ0n) is 26.4.